The minimum absolute atomic E-state index is 0.127. The number of hydrogen-bond acceptors (Lipinski definition) is 1. The van der Waals surface area contributed by atoms with Crippen LogP contribution in [0.3, 0.4) is 0 Å². The van der Waals surface area contributed by atoms with Gasteiger partial charge in [-0.3, -0.25) is 4.79 Å². The van der Waals surface area contributed by atoms with E-state index in [9.17, 15) is 4.79 Å². The number of carbonyl (C=O) groups excluding carboxylic acids is 1. The average Bonchev–Trinajstić information content (AvgIpc) is 2.67. The van der Waals surface area contributed by atoms with Crippen molar-refractivity contribution in [3.8, 4) is 0 Å². The van der Waals surface area contributed by atoms with E-state index in [4.69, 9.17) is 11.6 Å². The summed E-state index contributed by atoms with van der Waals surface area (Å²) in [4.78, 5) is 12.4. The molecule has 3 rings (SSSR count). The first-order valence-electron chi connectivity index (χ1n) is 8.07. The Kier molecular flexibility index (Phi) is 5.65. The third kappa shape index (κ3) is 4.82. The van der Waals surface area contributed by atoms with Crippen molar-refractivity contribution in [3.63, 3.8) is 0 Å². The Morgan fingerprint density at radius 2 is 1.36 bits per heavy atom. The van der Waals surface area contributed by atoms with Crippen LogP contribution >= 0.6 is 11.6 Å². The first kappa shape index (κ1) is 17.0. The number of rotatable bonds is 5. The van der Waals surface area contributed by atoms with Gasteiger partial charge in [0.05, 0.1) is 0 Å². The third-order valence-corrected chi connectivity index (χ3v) is 4.08. The van der Waals surface area contributed by atoms with Gasteiger partial charge in [0.1, 0.15) is 0 Å². The molecular formula is C22H18ClNO. The second kappa shape index (κ2) is 8.32. The molecule has 25 heavy (non-hydrogen) atoms. The molecule has 0 bridgehead atoms. The van der Waals surface area contributed by atoms with E-state index in [-0.39, 0.29) is 5.91 Å². The summed E-state index contributed by atoms with van der Waals surface area (Å²) in [6.45, 7) is 0.499. The van der Waals surface area contributed by atoms with Crippen molar-refractivity contribution in [2.75, 3.05) is 0 Å². The van der Waals surface area contributed by atoms with Gasteiger partial charge in [0.15, 0.2) is 0 Å². The van der Waals surface area contributed by atoms with Crippen molar-refractivity contribution >= 4 is 23.1 Å². The molecule has 0 aliphatic heterocycles. The van der Waals surface area contributed by atoms with Gasteiger partial charge in [-0.25, -0.2) is 0 Å². The molecule has 3 heteroatoms. The number of halogens is 1. The summed E-state index contributed by atoms with van der Waals surface area (Å²) in [5.41, 5.74) is 3.87. The van der Waals surface area contributed by atoms with Crippen molar-refractivity contribution in [1.29, 1.82) is 0 Å². The number of nitrogens with one attached hydrogen (secondary N) is 1. The fourth-order valence-electron chi connectivity index (χ4n) is 2.55. The quantitative estimate of drug-likeness (QED) is 0.640. The van der Waals surface area contributed by atoms with Crippen molar-refractivity contribution in [2.24, 2.45) is 0 Å². The maximum absolute atomic E-state index is 12.4. The first-order valence-corrected chi connectivity index (χ1v) is 8.45. The molecule has 1 amide bonds. The molecule has 2 nitrogen and oxygen atoms in total. The zero-order chi connectivity index (χ0) is 17.5. The summed E-state index contributed by atoms with van der Waals surface area (Å²) in [5, 5.41) is 3.61. The molecule has 0 fully saturated rings. The highest BCUT2D eigenvalue weighted by Gasteiger charge is 2.08. The Labute approximate surface area is 152 Å². The SMILES string of the molecule is O=C(/C=C(\c1ccccc1)c1ccc(Cl)cc1)NCc1ccccc1. The van der Waals surface area contributed by atoms with E-state index in [0.29, 0.717) is 11.6 Å². The normalized spacial score (nSPS) is 11.2. The standard InChI is InChI=1S/C22H18ClNO/c23-20-13-11-19(12-14-20)21(18-9-5-2-6-10-18)15-22(25)24-16-17-7-3-1-4-8-17/h1-15H,16H2,(H,24,25)/b21-15+. The van der Waals surface area contributed by atoms with Gasteiger partial charge in [-0.1, -0.05) is 84.4 Å². The molecule has 0 aromatic heterocycles. The van der Waals surface area contributed by atoms with Crippen LogP contribution in [0.1, 0.15) is 16.7 Å². The second-order valence-electron chi connectivity index (χ2n) is 5.63. The van der Waals surface area contributed by atoms with E-state index in [0.717, 1.165) is 22.3 Å². The lowest BCUT2D eigenvalue weighted by Crippen LogP contribution is -2.20. The molecule has 0 aliphatic rings. The van der Waals surface area contributed by atoms with Gasteiger partial charge < -0.3 is 5.32 Å². The van der Waals surface area contributed by atoms with Crippen LogP contribution in [0.4, 0.5) is 0 Å². The Balaban J connectivity index is 1.84. The highest BCUT2D eigenvalue weighted by molar-refractivity contribution is 6.30. The van der Waals surface area contributed by atoms with E-state index < -0.39 is 0 Å². The lowest BCUT2D eigenvalue weighted by Gasteiger charge is -2.09. The smallest absolute Gasteiger partial charge is 0.244 e. The predicted molar refractivity (Wildman–Crippen MR) is 103 cm³/mol. The number of amides is 1. The minimum Gasteiger partial charge on any atom is -0.348 e. The van der Waals surface area contributed by atoms with Crippen LogP contribution in [0, 0.1) is 0 Å². The Morgan fingerprint density at radius 1 is 0.800 bits per heavy atom. The molecule has 3 aromatic rings. The number of hydrogen-bond donors (Lipinski definition) is 1. The number of benzene rings is 3. The molecule has 0 saturated carbocycles. The van der Waals surface area contributed by atoms with Crippen molar-refractivity contribution < 1.29 is 4.79 Å². The van der Waals surface area contributed by atoms with Crippen molar-refractivity contribution in [1.82, 2.24) is 5.32 Å². The lowest BCUT2D eigenvalue weighted by molar-refractivity contribution is -0.116. The Hall–Kier alpha value is -2.84. The molecule has 124 valence electrons. The fourth-order valence-corrected chi connectivity index (χ4v) is 2.67. The number of carbonyl (C=O) groups is 1. The molecule has 3 aromatic carbocycles. The monoisotopic (exact) mass is 347 g/mol. The zero-order valence-corrected chi connectivity index (χ0v) is 14.4. The summed E-state index contributed by atoms with van der Waals surface area (Å²) in [7, 11) is 0. The van der Waals surface area contributed by atoms with Gasteiger partial charge in [-0.05, 0) is 34.4 Å². The van der Waals surface area contributed by atoms with Gasteiger partial charge >= 0.3 is 0 Å². The van der Waals surface area contributed by atoms with Crippen LogP contribution in [0.5, 0.6) is 0 Å². The predicted octanol–water partition coefficient (Wildman–Crippen LogP) is 5.09. The maximum atomic E-state index is 12.4. The van der Waals surface area contributed by atoms with Crippen LogP contribution in [-0.2, 0) is 11.3 Å². The molecule has 0 aliphatic carbocycles. The van der Waals surface area contributed by atoms with E-state index in [1.807, 2.05) is 84.9 Å². The fraction of sp³-hybridized carbons (Fsp3) is 0.0455. The molecule has 0 unspecified atom stereocenters. The van der Waals surface area contributed by atoms with Crippen LogP contribution in [0.25, 0.3) is 5.57 Å². The summed E-state index contributed by atoms with van der Waals surface area (Å²) < 4.78 is 0. The van der Waals surface area contributed by atoms with Gasteiger partial charge in [-0.2, -0.15) is 0 Å². The van der Waals surface area contributed by atoms with E-state index in [1.54, 1.807) is 6.08 Å². The molecule has 0 atom stereocenters. The molecule has 0 radical (unpaired) electrons. The second-order valence-corrected chi connectivity index (χ2v) is 6.07. The van der Waals surface area contributed by atoms with Crippen LogP contribution in [0.15, 0.2) is 91.0 Å². The molecular weight excluding hydrogens is 330 g/mol. The van der Waals surface area contributed by atoms with E-state index in [1.165, 1.54) is 0 Å². The lowest BCUT2D eigenvalue weighted by atomic mass is 9.97. The molecule has 1 N–H and O–H groups in total. The average molecular weight is 348 g/mol. The maximum Gasteiger partial charge on any atom is 0.244 e. The van der Waals surface area contributed by atoms with Crippen molar-refractivity contribution in [3.05, 3.63) is 113 Å². The minimum atomic E-state index is -0.127. The Bertz CT molecular complexity index is 856. The summed E-state index contributed by atoms with van der Waals surface area (Å²) >= 11 is 5.99. The molecule has 0 spiro atoms. The Morgan fingerprint density at radius 3 is 2.00 bits per heavy atom. The van der Waals surface area contributed by atoms with E-state index >= 15 is 0 Å². The zero-order valence-electron chi connectivity index (χ0n) is 13.7. The van der Waals surface area contributed by atoms with Crippen LogP contribution in [-0.4, -0.2) is 5.91 Å². The van der Waals surface area contributed by atoms with Crippen LogP contribution < -0.4 is 5.32 Å². The summed E-state index contributed by atoms with van der Waals surface area (Å²) in [6, 6.07) is 27.2. The first-order chi connectivity index (χ1) is 12.2. The third-order valence-electron chi connectivity index (χ3n) is 3.83. The van der Waals surface area contributed by atoms with Gasteiger partial charge in [0.2, 0.25) is 5.91 Å². The van der Waals surface area contributed by atoms with Gasteiger partial charge in [-0.15, -0.1) is 0 Å². The van der Waals surface area contributed by atoms with Gasteiger partial charge in [0, 0.05) is 17.6 Å². The molecule has 0 heterocycles. The molecule has 0 saturated heterocycles. The topological polar surface area (TPSA) is 29.1 Å². The van der Waals surface area contributed by atoms with Crippen LogP contribution in [0.2, 0.25) is 5.02 Å². The highest BCUT2D eigenvalue weighted by Crippen LogP contribution is 2.24. The van der Waals surface area contributed by atoms with Gasteiger partial charge in [0.25, 0.3) is 0 Å². The van der Waals surface area contributed by atoms with E-state index in [2.05, 4.69) is 5.32 Å². The van der Waals surface area contributed by atoms with Crippen molar-refractivity contribution in [2.45, 2.75) is 6.54 Å². The highest BCUT2D eigenvalue weighted by atomic mass is 35.5. The largest absolute Gasteiger partial charge is 0.348 e. The summed E-state index contributed by atoms with van der Waals surface area (Å²) in [6.07, 6.45) is 1.64. The summed E-state index contributed by atoms with van der Waals surface area (Å²) in [5.74, 6) is -0.127.